The number of aliphatic carboxylic acids is 1. The standard InChI is InChI=1S/C18H16ClNO3/c1-11-13(8-18(22)23)14-7-17(21)15(19)9-16(14)20(11)10-12-5-3-2-4-6-12/h2-7,9,21H,8,10H2,1H3,(H,22,23). The summed E-state index contributed by atoms with van der Waals surface area (Å²) in [6.07, 6.45) is -0.0921. The van der Waals surface area contributed by atoms with Gasteiger partial charge in [-0.05, 0) is 30.2 Å². The lowest BCUT2D eigenvalue weighted by Crippen LogP contribution is -2.05. The molecule has 0 amide bonds. The van der Waals surface area contributed by atoms with Gasteiger partial charge in [0.05, 0.1) is 17.0 Å². The molecule has 0 aliphatic carbocycles. The second-order valence-electron chi connectivity index (χ2n) is 5.53. The largest absolute Gasteiger partial charge is 0.506 e. The topological polar surface area (TPSA) is 62.5 Å². The van der Waals surface area contributed by atoms with Crippen LogP contribution in [0.4, 0.5) is 0 Å². The second-order valence-corrected chi connectivity index (χ2v) is 5.93. The van der Waals surface area contributed by atoms with Crippen molar-refractivity contribution >= 4 is 28.5 Å². The highest BCUT2D eigenvalue weighted by atomic mass is 35.5. The van der Waals surface area contributed by atoms with Crippen molar-refractivity contribution in [3.05, 3.63) is 64.3 Å². The minimum absolute atomic E-state index is 0.0392. The number of phenols is 1. The minimum Gasteiger partial charge on any atom is -0.506 e. The number of halogens is 1. The first kappa shape index (κ1) is 15.4. The molecule has 3 rings (SSSR count). The zero-order valence-electron chi connectivity index (χ0n) is 12.6. The summed E-state index contributed by atoms with van der Waals surface area (Å²) in [5, 5.41) is 20.0. The molecule has 0 saturated carbocycles. The number of rotatable bonds is 4. The number of carboxylic acids is 1. The van der Waals surface area contributed by atoms with Gasteiger partial charge in [0.2, 0.25) is 0 Å². The summed E-state index contributed by atoms with van der Waals surface area (Å²) in [7, 11) is 0. The van der Waals surface area contributed by atoms with E-state index in [1.165, 1.54) is 0 Å². The molecule has 5 heteroatoms. The van der Waals surface area contributed by atoms with Crippen molar-refractivity contribution in [2.45, 2.75) is 19.9 Å². The maximum atomic E-state index is 11.2. The van der Waals surface area contributed by atoms with Crippen molar-refractivity contribution in [3.8, 4) is 5.75 Å². The molecule has 2 aromatic carbocycles. The normalized spacial score (nSPS) is 11.0. The molecule has 0 spiro atoms. The number of aromatic hydroxyl groups is 1. The van der Waals surface area contributed by atoms with Gasteiger partial charge >= 0.3 is 5.97 Å². The van der Waals surface area contributed by atoms with Crippen LogP contribution in [0.5, 0.6) is 5.75 Å². The number of phenolic OH excluding ortho intramolecular Hbond substituents is 1. The Labute approximate surface area is 138 Å². The van der Waals surface area contributed by atoms with Crippen LogP contribution in [0.15, 0.2) is 42.5 Å². The molecule has 4 nitrogen and oxygen atoms in total. The number of benzene rings is 2. The predicted molar refractivity (Wildman–Crippen MR) is 90.2 cm³/mol. The summed E-state index contributed by atoms with van der Waals surface area (Å²) in [5.41, 5.74) is 3.51. The van der Waals surface area contributed by atoms with Crippen LogP contribution in [0.25, 0.3) is 10.9 Å². The lowest BCUT2D eigenvalue weighted by atomic mass is 10.1. The van der Waals surface area contributed by atoms with Gasteiger partial charge < -0.3 is 14.8 Å². The van der Waals surface area contributed by atoms with Crippen molar-refractivity contribution in [1.82, 2.24) is 4.57 Å². The molecule has 0 radical (unpaired) electrons. The van der Waals surface area contributed by atoms with Gasteiger partial charge in [0.1, 0.15) is 5.75 Å². The van der Waals surface area contributed by atoms with E-state index in [0.29, 0.717) is 12.1 Å². The molecule has 0 aliphatic rings. The van der Waals surface area contributed by atoms with Gasteiger partial charge in [0.25, 0.3) is 0 Å². The van der Waals surface area contributed by atoms with E-state index in [4.69, 9.17) is 11.6 Å². The highest BCUT2D eigenvalue weighted by Crippen LogP contribution is 2.34. The fraction of sp³-hybridized carbons (Fsp3) is 0.167. The smallest absolute Gasteiger partial charge is 0.307 e. The summed E-state index contributed by atoms with van der Waals surface area (Å²) >= 11 is 6.05. The number of hydrogen-bond donors (Lipinski definition) is 2. The van der Waals surface area contributed by atoms with Crippen molar-refractivity contribution in [2.75, 3.05) is 0 Å². The summed E-state index contributed by atoms with van der Waals surface area (Å²) in [4.78, 5) is 11.2. The molecule has 2 N–H and O–H groups in total. The summed E-state index contributed by atoms with van der Waals surface area (Å²) in [6.45, 7) is 2.51. The molecular formula is C18H16ClNO3. The molecule has 1 heterocycles. The lowest BCUT2D eigenvalue weighted by Gasteiger charge is -2.09. The van der Waals surface area contributed by atoms with Crippen LogP contribution in [0.1, 0.15) is 16.8 Å². The van der Waals surface area contributed by atoms with Gasteiger partial charge in [-0.1, -0.05) is 41.9 Å². The first-order chi connectivity index (χ1) is 11.0. The summed E-state index contributed by atoms with van der Waals surface area (Å²) in [5.74, 6) is -0.941. The van der Waals surface area contributed by atoms with Gasteiger partial charge in [-0.3, -0.25) is 4.79 Å². The first-order valence-electron chi connectivity index (χ1n) is 7.23. The van der Waals surface area contributed by atoms with Crippen LogP contribution in [0.3, 0.4) is 0 Å². The van der Waals surface area contributed by atoms with Crippen LogP contribution in [-0.2, 0) is 17.8 Å². The van der Waals surface area contributed by atoms with E-state index in [2.05, 4.69) is 0 Å². The lowest BCUT2D eigenvalue weighted by molar-refractivity contribution is -0.136. The third kappa shape index (κ3) is 2.90. The number of nitrogens with zero attached hydrogens (tertiary/aromatic N) is 1. The molecule has 118 valence electrons. The van der Waals surface area contributed by atoms with Crippen molar-refractivity contribution < 1.29 is 15.0 Å². The van der Waals surface area contributed by atoms with Gasteiger partial charge in [-0.15, -0.1) is 0 Å². The Morgan fingerprint density at radius 2 is 1.91 bits per heavy atom. The second kappa shape index (κ2) is 5.97. The fourth-order valence-corrected chi connectivity index (χ4v) is 3.06. The van der Waals surface area contributed by atoms with Crippen LogP contribution < -0.4 is 0 Å². The van der Waals surface area contributed by atoms with Gasteiger partial charge in [-0.2, -0.15) is 0 Å². The molecule has 0 aliphatic heterocycles. The van der Waals surface area contributed by atoms with Crippen molar-refractivity contribution in [3.63, 3.8) is 0 Å². The minimum atomic E-state index is -0.902. The van der Waals surface area contributed by atoms with E-state index in [1.807, 2.05) is 41.8 Å². The van der Waals surface area contributed by atoms with Gasteiger partial charge in [-0.25, -0.2) is 0 Å². The summed E-state index contributed by atoms with van der Waals surface area (Å²) in [6, 6.07) is 13.2. The maximum Gasteiger partial charge on any atom is 0.307 e. The number of carboxylic acid groups (broad SMARTS) is 1. The Balaban J connectivity index is 2.21. The Bertz CT molecular complexity index is 884. The monoisotopic (exact) mass is 329 g/mol. The number of aromatic nitrogens is 1. The van der Waals surface area contributed by atoms with E-state index in [0.717, 1.165) is 22.2 Å². The molecule has 23 heavy (non-hydrogen) atoms. The van der Waals surface area contributed by atoms with E-state index in [9.17, 15) is 15.0 Å². The van der Waals surface area contributed by atoms with E-state index in [-0.39, 0.29) is 17.2 Å². The molecule has 0 fully saturated rings. The average molecular weight is 330 g/mol. The third-order valence-corrected chi connectivity index (χ3v) is 4.34. The molecule has 0 saturated heterocycles. The van der Waals surface area contributed by atoms with E-state index in [1.54, 1.807) is 12.1 Å². The molecular weight excluding hydrogens is 314 g/mol. The van der Waals surface area contributed by atoms with Crippen LogP contribution in [0, 0.1) is 6.92 Å². The molecule has 3 aromatic rings. The van der Waals surface area contributed by atoms with Gasteiger partial charge in [0, 0.05) is 17.6 Å². The fourth-order valence-electron chi connectivity index (χ4n) is 2.90. The Morgan fingerprint density at radius 3 is 2.57 bits per heavy atom. The predicted octanol–water partition coefficient (Wildman–Crippen LogP) is 3.98. The van der Waals surface area contributed by atoms with Crippen LogP contribution in [0.2, 0.25) is 5.02 Å². The highest BCUT2D eigenvalue weighted by molar-refractivity contribution is 6.32. The zero-order valence-corrected chi connectivity index (χ0v) is 13.3. The first-order valence-corrected chi connectivity index (χ1v) is 7.61. The summed E-state index contributed by atoms with van der Waals surface area (Å²) < 4.78 is 2.04. The average Bonchev–Trinajstić information content (AvgIpc) is 2.74. The van der Waals surface area contributed by atoms with Crippen molar-refractivity contribution in [2.24, 2.45) is 0 Å². The van der Waals surface area contributed by atoms with E-state index >= 15 is 0 Å². The SMILES string of the molecule is Cc1c(CC(=O)O)c2cc(O)c(Cl)cc2n1Cc1ccccc1. The number of carbonyl (C=O) groups is 1. The van der Waals surface area contributed by atoms with Gasteiger partial charge in [0.15, 0.2) is 0 Å². The molecule has 1 aromatic heterocycles. The van der Waals surface area contributed by atoms with Crippen LogP contribution >= 0.6 is 11.6 Å². The highest BCUT2D eigenvalue weighted by Gasteiger charge is 2.18. The Hall–Kier alpha value is -2.46. The third-order valence-electron chi connectivity index (χ3n) is 4.03. The van der Waals surface area contributed by atoms with Crippen molar-refractivity contribution in [1.29, 1.82) is 0 Å². The number of hydrogen-bond acceptors (Lipinski definition) is 2. The zero-order chi connectivity index (χ0) is 16.6. The Kier molecular flexibility index (Phi) is 4.01. The Morgan fingerprint density at radius 1 is 1.22 bits per heavy atom. The van der Waals surface area contributed by atoms with E-state index < -0.39 is 5.97 Å². The molecule has 0 unspecified atom stereocenters. The molecule has 0 bridgehead atoms. The molecule has 0 atom stereocenters. The maximum absolute atomic E-state index is 11.2. The number of fused-ring (bicyclic) bond motifs is 1. The van der Waals surface area contributed by atoms with Crippen LogP contribution in [-0.4, -0.2) is 20.7 Å². The quantitative estimate of drug-likeness (QED) is 0.761.